The lowest BCUT2D eigenvalue weighted by Crippen LogP contribution is -2.47. The van der Waals surface area contributed by atoms with Gasteiger partial charge in [-0.3, -0.25) is 0 Å². The molecule has 0 radical (unpaired) electrons. The molecule has 0 bridgehead atoms. The Morgan fingerprint density at radius 3 is 3.00 bits per heavy atom. The van der Waals surface area contributed by atoms with Crippen molar-refractivity contribution in [3.05, 3.63) is 11.9 Å². The molecule has 4 nitrogen and oxygen atoms in total. The summed E-state index contributed by atoms with van der Waals surface area (Å²) in [4.78, 5) is 10.1. The van der Waals surface area contributed by atoms with Crippen molar-refractivity contribution < 1.29 is 0 Å². The largest absolute Gasteiger partial charge is 0.342 e. The Balaban J connectivity index is 2.05. The SMILES string of the molecule is CCc1cnc(N2CCC(N)C(CC)C2)[nH]1. The molecule has 1 aromatic heterocycles. The van der Waals surface area contributed by atoms with E-state index in [-0.39, 0.29) is 0 Å². The monoisotopic (exact) mass is 222 g/mol. The number of aromatic nitrogens is 2. The van der Waals surface area contributed by atoms with E-state index < -0.39 is 0 Å². The van der Waals surface area contributed by atoms with Gasteiger partial charge in [-0.2, -0.15) is 0 Å². The summed E-state index contributed by atoms with van der Waals surface area (Å²) in [6.07, 6.45) is 5.17. The van der Waals surface area contributed by atoms with Gasteiger partial charge < -0.3 is 15.6 Å². The number of hydrogen-bond donors (Lipinski definition) is 2. The molecule has 1 saturated heterocycles. The van der Waals surface area contributed by atoms with Crippen LogP contribution >= 0.6 is 0 Å². The average Bonchev–Trinajstić information content (AvgIpc) is 2.78. The van der Waals surface area contributed by atoms with Gasteiger partial charge in [0.15, 0.2) is 0 Å². The molecule has 0 amide bonds. The van der Waals surface area contributed by atoms with E-state index in [4.69, 9.17) is 5.73 Å². The van der Waals surface area contributed by atoms with E-state index in [0.29, 0.717) is 12.0 Å². The number of aromatic amines is 1. The molecule has 2 heterocycles. The summed E-state index contributed by atoms with van der Waals surface area (Å²) >= 11 is 0. The maximum Gasteiger partial charge on any atom is 0.202 e. The molecule has 90 valence electrons. The third kappa shape index (κ3) is 2.21. The van der Waals surface area contributed by atoms with E-state index >= 15 is 0 Å². The second kappa shape index (κ2) is 4.87. The minimum absolute atomic E-state index is 0.363. The molecule has 2 rings (SSSR count). The van der Waals surface area contributed by atoms with Crippen LogP contribution in [0.1, 0.15) is 32.4 Å². The van der Waals surface area contributed by atoms with E-state index in [1.54, 1.807) is 0 Å². The van der Waals surface area contributed by atoms with Crippen LogP contribution in [0.5, 0.6) is 0 Å². The predicted octanol–water partition coefficient (Wildman–Crippen LogP) is 1.54. The third-order valence-corrected chi connectivity index (χ3v) is 3.61. The van der Waals surface area contributed by atoms with Crippen LogP contribution in [-0.2, 0) is 6.42 Å². The molecule has 0 aliphatic carbocycles. The summed E-state index contributed by atoms with van der Waals surface area (Å²) in [7, 11) is 0. The number of nitrogens with zero attached hydrogens (tertiary/aromatic N) is 2. The van der Waals surface area contributed by atoms with Crippen LogP contribution in [0.25, 0.3) is 0 Å². The van der Waals surface area contributed by atoms with Gasteiger partial charge >= 0.3 is 0 Å². The third-order valence-electron chi connectivity index (χ3n) is 3.61. The van der Waals surface area contributed by atoms with Crippen molar-refractivity contribution in [2.45, 2.75) is 39.2 Å². The molecule has 1 aliphatic rings. The summed E-state index contributed by atoms with van der Waals surface area (Å²) in [6.45, 7) is 6.41. The summed E-state index contributed by atoms with van der Waals surface area (Å²) < 4.78 is 0. The molecule has 0 aromatic carbocycles. The van der Waals surface area contributed by atoms with Gasteiger partial charge in [0.25, 0.3) is 0 Å². The van der Waals surface area contributed by atoms with E-state index in [1.165, 1.54) is 5.69 Å². The Bertz CT molecular complexity index is 334. The number of aryl methyl sites for hydroxylation is 1. The van der Waals surface area contributed by atoms with Crippen LogP contribution in [0.4, 0.5) is 5.95 Å². The highest BCUT2D eigenvalue weighted by Crippen LogP contribution is 2.22. The standard InChI is InChI=1S/C12H22N4/c1-3-9-8-16(6-5-11(9)13)12-14-7-10(4-2)15-12/h7,9,11H,3-6,8,13H2,1-2H3,(H,14,15). The number of nitrogens with one attached hydrogen (secondary N) is 1. The second-order valence-corrected chi connectivity index (χ2v) is 4.65. The van der Waals surface area contributed by atoms with Crippen LogP contribution in [0.3, 0.4) is 0 Å². The van der Waals surface area contributed by atoms with Gasteiger partial charge in [-0.1, -0.05) is 20.3 Å². The lowest BCUT2D eigenvalue weighted by Gasteiger charge is -2.36. The molecule has 2 unspecified atom stereocenters. The normalized spacial score (nSPS) is 26.1. The van der Waals surface area contributed by atoms with Crippen molar-refractivity contribution in [3.8, 4) is 0 Å². The van der Waals surface area contributed by atoms with E-state index in [2.05, 4.69) is 28.7 Å². The highest BCUT2D eigenvalue weighted by molar-refractivity contribution is 5.32. The smallest absolute Gasteiger partial charge is 0.202 e. The van der Waals surface area contributed by atoms with Gasteiger partial charge in [-0.25, -0.2) is 4.98 Å². The topological polar surface area (TPSA) is 57.9 Å². The van der Waals surface area contributed by atoms with Gasteiger partial charge in [-0.05, 0) is 18.8 Å². The fourth-order valence-corrected chi connectivity index (χ4v) is 2.36. The Kier molecular flexibility index (Phi) is 3.49. The van der Waals surface area contributed by atoms with Crippen molar-refractivity contribution in [2.75, 3.05) is 18.0 Å². The zero-order chi connectivity index (χ0) is 11.5. The summed E-state index contributed by atoms with van der Waals surface area (Å²) in [5.41, 5.74) is 7.31. The van der Waals surface area contributed by atoms with Crippen LogP contribution in [-0.4, -0.2) is 29.1 Å². The van der Waals surface area contributed by atoms with Crippen LogP contribution in [0.2, 0.25) is 0 Å². The van der Waals surface area contributed by atoms with E-state index in [0.717, 1.165) is 38.3 Å². The number of rotatable bonds is 3. The molecule has 1 fully saturated rings. The fraction of sp³-hybridized carbons (Fsp3) is 0.750. The Labute approximate surface area is 97.2 Å². The maximum absolute atomic E-state index is 6.10. The first-order chi connectivity index (χ1) is 7.74. The molecule has 2 atom stereocenters. The summed E-state index contributed by atoms with van der Waals surface area (Å²) in [5, 5.41) is 0. The van der Waals surface area contributed by atoms with Gasteiger partial charge in [-0.15, -0.1) is 0 Å². The zero-order valence-corrected chi connectivity index (χ0v) is 10.2. The van der Waals surface area contributed by atoms with Gasteiger partial charge in [0.2, 0.25) is 5.95 Å². The van der Waals surface area contributed by atoms with Crippen LogP contribution in [0.15, 0.2) is 6.20 Å². The highest BCUT2D eigenvalue weighted by atomic mass is 15.3. The summed E-state index contributed by atoms with van der Waals surface area (Å²) in [5.74, 6) is 1.62. The Hall–Kier alpha value is -1.03. The molecular weight excluding hydrogens is 200 g/mol. The fourth-order valence-electron chi connectivity index (χ4n) is 2.36. The number of imidazole rings is 1. The highest BCUT2D eigenvalue weighted by Gasteiger charge is 2.26. The van der Waals surface area contributed by atoms with Crippen molar-refractivity contribution in [1.82, 2.24) is 9.97 Å². The number of piperidine rings is 1. The van der Waals surface area contributed by atoms with Crippen molar-refractivity contribution in [1.29, 1.82) is 0 Å². The van der Waals surface area contributed by atoms with E-state index in [1.807, 2.05) is 6.20 Å². The van der Waals surface area contributed by atoms with Gasteiger partial charge in [0, 0.05) is 24.8 Å². The molecule has 3 N–H and O–H groups in total. The molecule has 16 heavy (non-hydrogen) atoms. The molecular formula is C12H22N4. The Morgan fingerprint density at radius 1 is 1.56 bits per heavy atom. The van der Waals surface area contributed by atoms with Gasteiger partial charge in [0.1, 0.15) is 0 Å². The molecule has 1 aromatic rings. The van der Waals surface area contributed by atoms with Crippen molar-refractivity contribution in [2.24, 2.45) is 11.7 Å². The summed E-state index contributed by atoms with van der Waals surface area (Å²) in [6, 6.07) is 0.363. The van der Waals surface area contributed by atoms with Crippen molar-refractivity contribution >= 4 is 5.95 Å². The first kappa shape index (κ1) is 11.5. The Morgan fingerprint density at radius 2 is 2.38 bits per heavy atom. The zero-order valence-electron chi connectivity index (χ0n) is 10.2. The molecule has 4 heteroatoms. The first-order valence-corrected chi connectivity index (χ1v) is 6.29. The molecule has 1 aliphatic heterocycles. The number of nitrogens with two attached hydrogens (primary N) is 1. The first-order valence-electron chi connectivity index (χ1n) is 6.29. The van der Waals surface area contributed by atoms with Crippen molar-refractivity contribution in [3.63, 3.8) is 0 Å². The average molecular weight is 222 g/mol. The van der Waals surface area contributed by atoms with Crippen LogP contribution in [0, 0.1) is 5.92 Å². The number of hydrogen-bond acceptors (Lipinski definition) is 3. The maximum atomic E-state index is 6.10. The quantitative estimate of drug-likeness (QED) is 0.815. The number of anilines is 1. The second-order valence-electron chi connectivity index (χ2n) is 4.65. The lowest BCUT2D eigenvalue weighted by atomic mass is 9.91. The van der Waals surface area contributed by atoms with Gasteiger partial charge in [0.05, 0.1) is 6.20 Å². The minimum atomic E-state index is 0.363. The minimum Gasteiger partial charge on any atom is -0.342 e. The van der Waals surface area contributed by atoms with Crippen LogP contribution < -0.4 is 10.6 Å². The molecule has 0 saturated carbocycles. The molecule has 0 spiro atoms. The number of H-pyrrole nitrogens is 1. The predicted molar refractivity (Wildman–Crippen MR) is 66.6 cm³/mol. The lowest BCUT2D eigenvalue weighted by molar-refractivity contribution is 0.345. The van der Waals surface area contributed by atoms with E-state index in [9.17, 15) is 0 Å².